The fourth-order valence-corrected chi connectivity index (χ4v) is 2.62. The zero-order valence-electron chi connectivity index (χ0n) is 10.8. The van der Waals surface area contributed by atoms with Gasteiger partial charge in [-0.25, -0.2) is 13.2 Å². The zero-order chi connectivity index (χ0) is 14.7. The number of carbonyl (C=O) groups is 1. The average Bonchev–Trinajstić information content (AvgIpc) is 2.43. The third-order valence-corrected chi connectivity index (χ3v) is 3.93. The highest BCUT2D eigenvalue weighted by atomic mass is 35.5. The van der Waals surface area contributed by atoms with Gasteiger partial charge in [0.2, 0.25) is 5.91 Å². The molecule has 0 aliphatic heterocycles. The summed E-state index contributed by atoms with van der Waals surface area (Å²) in [6.07, 6.45) is 4.90. The van der Waals surface area contributed by atoms with E-state index in [-0.39, 0.29) is 11.6 Å². The molecule has 0 heterocycles. The lowest BCUT2D eigenvalue weighted by Crippen LogP contribution is -2.38. The van der Waals surface area contributed by atoms with Crippen LogP contribution in [0.1, 0.15) is 43.0 Å². The summed E-state index contributed by atoms with van der Waals surface area (Å²) >= 11 is 5.86. The predicted molar refractivity (Wildman–Crippen MR) is 69.9 cm³/mol. The quantitative estimate of drug-likeness (QED) is 0.667. The first kappa shape index (κ1) is 15.2. The molecule has 0 aromatic heterocycles. The van der Waals surface area contributed by atoms with Crippen molar-refractivity contribution in [1.29, 1.82) is 0 Å². The molecule has 1 aromatic carbocycles. The standard InChI is InChI=1S/C14H15ClF3NO/c15-13(9-6-11(17)12(18)7-10(9)16)14(20)19-8-4-2-1-3-5-8/h6-8,13H,1-5H2,(H,19,20). The largest absolute Gasteiger partial charge is 0.352 e. The molecule has 20 heavy (non-hydrogen) atoms. The van der Waals surface area contributed by atoms with Crippen LogP contribution < -0.4 is 5.32 Å². The number of hydrogen-bond donors (Lipinski definition) is 1. The van der Waals surface area contributed by atoms with Crippen molar-refractivity contribution in [3.05, 3.63) is 35.1 Å². The molecular weight excluding hydrogens is 291 g/mol. The second-order valence-corrected chi connectivity index (χ2v) is 5.43. The van der Waals surface area contributed by atoms with E-state index < -0.39 is 28.7 Å². The van der Waals surface area contributed by atoms with Gasteiger partial charge < -0.3 is 5.32 Å². The molecule has 1 unspecified atom stereocenters. The van der Waals surface area contributed by atoms with Gasteiger partial charge >= 0.3 is 0 Å². The molecule has 0 saturated heterocycles. The summed E-state index contributed by atoms with van der Waals surface area (Å²) in [7, 11) is 0. The topological polar surface area (TPSA) is 29.1 Å². The first-order valence-corrected chi connectivity index (χ1v) is 7.01. The van der Waals surface area contributed by atoms with Crippen LogP contribution in [0.5, 0.6) is 0 Å². The fraction of sp³-hybridized carbons (Fsp3) is 0.500. The van der Waals surface area contributed by atoms with Gasteiger partial charge in [0.05, 0.1) is 0 Å². The molecule has 2 rings (SSSR count). The SMILES string of the molecule is O=C(NC1CCCCC1)C(Cl)c1cc(F)c(F)cc1F. The molecule has 110 valence electrons. The van der Waals surface area contributed by atoms with Crippen LogP contribution in [0.2, 0.25) is 0 Å². The monoisotopic (exact) mass is 305 g/mol. The van der Waals surface area contributed by atoms with Crippen LogP contribution in [0.4, 0.5) is 13.2 Å². The van der Waals surface area contributed by atoms with Crippen LogP contribution >= 0.6 is 11.6 Å². The summed E-state index contributed by atoms with van der Waals surface area (Å²) in [5.74, 6) is -4.13. The lowest BCUT2D eigenvalue weighted by Gasteiger charge is -2.24. The summed E-state index contributed by atoms with van der Waals surface area (Å²) < 4.78 is 39.5. The summed E-state index contributed by atoms with van der Waals surface area (Å²) in [6, 6.07) is 1.04. The molecular formula is C14H15ClF3NO. The third kappa shape index (κ3) is 3.45. The van der Waals surface area contributed by atoms with E-state index in [1.54, 1.807) is 0 Å². The molecule has 0 spiro atoms. The number of rotatable bonds is 3. The molecule has 0 radical (unpaired) electrons. The maximum absolute atomic E-state index is 13.5. The van der Waals surface area contributed by atoms with E-state index in [0.29, 0.717) is 12.1 Å². The second kappa shape index (κ2) is 6.48. The Bertz CT molecular complexity index is 503. The van der Waals surface area contributed by atoms with Gasteiger partial charge in [0.15, 0.2) is 11.6 Å². The maximum atomic E-state index is 13.5. The van der Waals surface area contributed by atoms with Gasteiger partial charge in [-0.1, -0.05) is 19.3 Å². The fourth-order valence-electron chi connectivity index (χ4n) is 2.39. The van der Waals surface area contributed by atoms with Crippen LogP contribution in [-0.4, -0.2) is 11.9 Å². The highest BCUT2D eigenvalue weighted by Gasteiger charge is 2.25. The van der Waals surface area contributed by atoms with Gasteiger partial charge in [-0.05, 0) is 18.9 Å². The maximum Gasteiger partial charge on any atom is 0.242 e. The smallest absolute Gasteiger partial charge is 0.242 e. The first-order chi connectivity index (χ1) is 9.49. The van der Waals surface area contributed by atoms with E-state index in [1.165, 1.54) is 0 Å². The van der Waals surface area contributed by atoms with Crippen molar-refractivity contribution >= 4 is 17.5 Å². The van der Waals surface area contributed by atoms with Crippen molar-refractivity contribution in [3.63, 3.8) is 0 Å². The van der Waals surface area contributed by atoms with Crippen molar-refractivity contribution in [2.24, 2.45) is 0 Å². The minimum atomic E-state index is -1.37. The van der Waals surface area contributed by atoms with E-state index >= 15 is 0 Å². The van der Waals surface area contributed by atoms with Crippen LogP contribution in [0.3, 0.4) is 0 Å². The van der Waals surface area contributed by atoms with Gasteiger partial charge in [0.25, 0.3) is 0 Å². The molecule has 0 bridgehead atoms. The Labute approximate surface area is 120 Å². The Morgan fingerprint density at radius 1 is 1.10 bits per heavy atom. The van der Waals surface area contributed by atoms with Crippen LogP contribution in [-0.2, 0) is 4.79 Å². The highest BCUT2D eigenvalue weighted by molar-refractivity contribution is 6.30. The van der Waals surface area contributed by atoms with E-state index in [9.17, 15) is 18.0 Å². The number of hydrogen-bond acceptors (Lipinski definition) is 1. The van der Waals surface area contributed by atoms with Crippen LogP contribution in [0, 0.1) is 17.5 Å². The van der Waals surface area contributed by atoms with Gasteiger partial charge in [-0.2, -0.15) is 0 Å². The molecule has 1 aliphatic carbocycles. The average molecular weight is 306 g/mol. The molecule has 1 fully saturated rings. The summed E-state index contributed by atoms with van der Waals surface area (Å²) in [5.41, 5.74) is -0.348. The van der Waals surface area contributed by atoms with Crippen molar-refractivity contribution in [1.82, 2.24) is 5.32 Å². The Kier molecular flexibility index (Phi) is 4.91. The molecule has 1 aliphatic rings. The predicted octanol–water partition coefficient (Wildman–Crippen LogP) is 3.83. The lowest BCUT2D eigenvalue weighted by atomic mass is 9.95. The molecule has 1 atom stereocenters. The molecule has 1 amide bonds. The summed E-state index contributed by atoms with van der Waals surface area (Å²) in [6.45, 7) is 0. The van der Waals surface area contributed by atoms with Crippen molar-refractivity contribution in [2.45, 2.75) is 43.5 Å². The minimum absolute atomic E-state index is 0.0193. The summed E-state index contributed by atoms with van der Waals surface area (Å²) in [4.78, 5) is 11.9. The van der Waals surface area contributed by atoms with Gasteiger partial charge in [0.1, 0.15) is 11.2 Å². The minimum Gasteiger partial charge on any atom is -0.352 e. The van der Waals surface area contributed by atoms with Gasteiger partial charge in [0, 0.05) is 17.7 Å². The van der Waals surface area contributed by atoms with Gasteiger partial charge in [-0.15, -0.1) is 11.6 Å². The molecule has 1 aromatic rings. The Balaban J connectivity index is 2.08. The van der Waals surface area contributed by atoms with Crippen LogP contribution in [0.25, 0.3) is 0 Å². The van der Waals surface area contributed by atoms with Crippen LogP contribution in [0.15, 0.2) is 12.1 Å². The third-order valence-electron chi connectivity index (χ3n) is 3.49. The first-order valence-electron chi connectivity index (χ1n) is 6.58. The number of benzene rings is 1. The van der Waals surface area contributed by atoms with Crippen molar-refractivity contribution in [2.75, 3.05) is 0 Å². The Morgan fingerprint density at radius 2 is 1.70 bits per heavy atom. The van der Waals surface area contributed by atoms with E-state index in [4.69, 9.17) is 11.6 Å². The van der Waals surface area contributed by atoms with E-state index in [1.807, 2.05) is 0 Å². The van der Waals surface area contributed by atoms with Gasteiger partial charge in [-0.3, -0.25) is 4.79 Å². The number of nitrogens with one attached hydrogen (secondary N) is 1. The van der Waals surface area contributed by atoms with E-state index in [2.05, 4.69) is 5.32 Å². The number of alkyl halides is 1. The zero-order valence-corrected chi connectivity index (χ0v) is 11.5. The molecule has 6 heteroatoms. The second-order valence-electron chi connectivity index (χ2n) is 4.99. The van der Waals surface area contributed by atoms with Crippen molar-refractivity contribution in [3.8, 4) is 0 Å². The Hall–Kier alpha value is -1.23. The lowest BCUT2D eigenvalue weighted by molar-refractivity contribution is -0.121. The molecule has 1 N–H and O–H groups in total. The number of halogens is 4. The molecule has 2 nitrogen and oxygen atoms in total. The highest BCUT2D eigenvalue weighted by Crippen LogP contribution is 2.27. The summed E-state index contributed by atoms with van der Waals surface area (Å²) in [5, 5.41) is 1.36. The number of amides is 1. The Morgan fingerprint density at radius 3 is 2.35 bits per heavy atom. The van der Waals surface area contributed by atoms with E-state index in [0.717, 1.165) is 32.1 Å². The van der Waals surface area contributed by atoms with Crippen molar-refractivity contribution < 1.29 is 18.0 Å². The molecule has 1 saturated carbocycles. The number of carbonyl (C=O) groups excluding carboxylic acids is 1. The normalized spacial score (nSPS) is 17.8.